The first-order valence-corrected chi connectivity index (χ1v) is 8.03. The Morgan fingerprint density at radius 1 is 1.33 bits per heavy atom. The van der Waals surface area contributed by atoms with Gasteiger partial charge < -0.3 is 14.6 Å². The van der Waals surface area contributed by atoms with E-state index in [1.807, 2.05) is 13.8 Å². The fourth-order valence-electron chi connectivity index (χ4n) is 3.26. The first-order chi connectivity index (χ1) is 11.4. The summed E-state index contributed by atoms with van der Waals surface area (Å²) in [5, 5.41) is -0.0738. The molecule has 0 aliphatic carbocycles. The third kappa shape index (κ3) is 2.72. The molecule has 1 aliphatic heterocycles. The third-order valence-electron chi connectivity index (χ3n) is 4.35. The summed E-state index contributed by atoms with van der Waals surface area (Å²) >= 11 is 0. The number of hydrogen-bond acceptors (Lipinski definition) is 3. The van der Waals surface area contributed by atoms with Crippen molar-refractivity contribution in [3.63, 3.8) is 0 Å². The van der Waals surface area contributed by atoms with Crippen molar-refractivity contribution in [2.45, 2.75) is 38.9 Å². The van der Waals surface area contributed by atoms with Crippen LogP contribution in [0.15, 0.2) is 23.0 Å². The van der Waals surface area contributed by atoms with E-state index < -0.39 is 17.3 Å². The first kappa shape index (κ1) is 16.7. The van der Waals surface area contributed by atoms with Crippen molar-refractivity contribution in [1.82, 2.24) is 4.98 Å². The van der Waals surface area contributed by atoms with Gasteiger partial charge in [0.25, 0.3) is 0 Å². The molecule has 0 saturated carbocycles. The SMILES string of the molecule is CCCN1c2ccc3[nH]c(=O)cc(C(F)(F)F)c3c2OCC1CC. The van der Waals surface area contributed by atoms with Gasteiger partial charge in [-0.05, 0) is 25.0 Å². The van der Waals surface area contributed by atoms with E-state index in [4.69, 9.17) is 4.74 Å². The van der Waals surface area contributed by atoms with Crippen molar-refractivity contribution < 1.29 is 17.9 Å². The highest BCUT2D eigenvalue weighted by Crippen LogP contribution is 2.44. The Morgan fingerprint density at radius 3 is 2.71 bits per heavy atom. The molecule has 3 rings (SSSR count). The first-order valence-electron chi connectivity index (χ1n) is 8.03. The molecule has 130 valence electrons. The molecule has 1 aromatic carbocycles. The maximum Gasteiger partial charge on any atom is 0.417 e. The molecule has 1 unspecified atom stereocenters. The number of anilines is 1. The van der Waals surface area contributed by atoms with Crippen LogP contribution in [0.3, 0.4) is 0 Å². The van der Waals surface area contributed by atoms with Crippen molar-refractivity contribution in [3.8, 4) is 5.75 Å². The molecule has 0 spiro atoms. The summed E-state index contributed by atoms with van der Waals surface area (Å²) in [5.74, 6) is 0.203. The number of rotatable bonds is 3. The number of alkyl halides is 3. The van der Waals surface area contributed by atoms with E-state index >= 15 is 0 Å². The molecule has 2 heterocycles. The van der Waals surface area contributed by atoms with Crippen LogP contribution in [0.1, 0.15) is 32.3 Å². The standard InChI is InChI=1S/C17H19F3N2O2/c1-3-7-22-10(4-2)9-24-16-13(22)6-5-12-15(16)11(17(18,19)20)8-14(23)21-12/h5-6,8,10H,3-4,7,9H2,1-2H3,(H,21,23). The van der Waals surface area contributed by atoms with Crippen molar-refractivity contribution in [3.05, 3.63) is 34.1 Å². The second-order valence-electron chi connectivity index (χ2n) is 5.95. The van der Waals surface area contributed by atoms with Crippen molar-refractivity contribution in [1.29, 1.82) is 0 Å². The van der Waals surface area contributed by atoms with Crippen LogP contribution in [-0.2, 0) is 6.18 Å². The van der Waals surface area contributed by atoms with Crippen molar-refractivity contribution in [2.24, 2.45) is 0 Å². The van der Waals surface area contributed by atoms with Crippen LogP contribution in [-0.4, -0.2) is 24.2 Å². The molecular weight excluding hydrogens is 321 g/mol. The van der Waals surface area contributed by atoms with E-state index in [2.05, 4.69) is 9.88 Å². The highest BCUT2D eigenvalue weighted by Gasteiger charge is 2.37. The number of aromatic nitrogens is 1. The molecular formula is C17H19F3N2O2. The summed E-state index contributed by atoms with van der Waals surface area (Å²) in [4.78, 5) is 16.1. The number of H-pyrrole nitrogens is 1. The quantitative estimate of drug-likeness (QED) is 0.921. The van der Waals surface area contributed by atoms with Gasteiger partial charge in [-0.3, -0.25) is 4.79 Å². The minimum atomic E-state index is -4.62. The van der Waals surface area contributed by atoms with Gasteiger partial charge in [-0.2, -0.15) is 13.2 Å². The normalized spacial score (nSPS) is 17.7. The molecule has 2 aromatic rings. The van der Waals surface area contributed by atoms with Gasteiger partial charge >= 0.3 is 6.18 Å². The maximum atomic E-state index is 13.4. The van der Waals surface area contributed by atoms with Crippen LogP contribution in [0, 0.1) is 0 Å². The molecule has 1 atom stereocenters. The van der Waals surface area contributed by atoms with Gasteiger partial charge in [0.1, 0.15) is 6.61 Å². The predicted octanol–water partition coefficient (Wildman–Crippen LogP) is 3.93. The predicted molar refractivity (Wildman–Crippen MR) is 86.8 cm³/mol. The van der Waals surface area contributed by atoms with E-state index in [-0.39, 0.29) is 22.7 Å². The molecule has 24 heavy (non-hydrogen) atoms. The molecule has 1 N–H and O–H groups in total. The van der Waals surface area contributed by atoms with Gasteiger partial charge in [0.05, 0.1) is 28.2 Å². The van der Waals surface area contributed by atoms with Crippen LogP contribution >= 0.6 is 0 Å². The van der Waals surface area contributed by atoms with E-state index in [1.54, 1.807) is 6.07 Å². The topological polar surface area (TPSA) is 45.3 Å². The molecule has 7 heteroatoms. The summed E-state index contributed by atoms with van der Waals surface area (Å²) in [5.41, 5.74) is -0.938. The zero-order chi connectivity index (χ0) is 17.5. The minimum Gasteiger partial charge on any atom is -0.489 e. The van der Waals surface area contributed by atoms with Crippen LogP contribution in [0.25, 0.3) is 10.9 Å². The number of aromatic amines is 1. The Hall–Kier alpha value is -2.18. The van der Waals surface area contributed by atoms with Crippen LogP contribution in [0.2, 0.25) is 0 Å². The summed E-state index contributed by atoms with van der Waals surface area (Å²) < 4.78 is 46.0. The number of hydrogen-bond donors (Lipinski definition) is 1. The lowest BCUT2D eigenvalue weighted by atomic mass is 10.0. The lowest BCUT2D eigenvalue weighted by Crippen LogP contribution is -2.43. The largest absolute Gasteiger partial charge is 0.489 e. The smallest absolute Gasteiger partial charge is 0.417 e. The maximum absolute atomic E-state index is 13.4. The number of benzene rings is 1. The number of nitrogens with zero attached hydrogens (tertiary/aromatic N) is 1. The van der Waals surface area contributed by atoms with E-state index in [9.17, 15) is 18.0 Å². The number of nitrogens with one attached hydrogen (secondary N) is 1. The molecule has 1 aromatic heterocycles. The summed E-state index contributed by atoms with van der Waals surface area (Å²) in [6.45, 7) is 5.13. The molecule has 0 saturated heterocycles. The number of pyridine rings is 1. The zero-order valence-corrected chi connectivity index (χ0v) is 13.5. The highest BCUT2D eigenvalue weighted by molar-refractivity contribution is 5.94. The van der Waals surface area contributed by atoms with E-state index in [1.165, 1.54) is 6.07 Å². The average Bonchev–Trinajstić information content (AvgIpc) is 2.53. The van der Waals surface area contributed by atoms with Crippen molar-refractivity contribution in [2.75, 3.05) is 18.1 Å². The Bertz CT molecular complexity index is 814. The summed E-state index contributed by atoms with van der Waals surface area (Å²) in [6.07, 6.45) is -2.90. The number of halogens is 3. The Kier molecular flexibility index (Phi) is 4.19. The van der Waals surface area contributed by atoms with Crippen LogP contribution in [0.4, 0.5) is 18.9 Å². The number of fused-ring (bicyclic) bond motifs is 3. The molecule has 0 amide bonds. The van der Waals surface area contributed by atoms with Crippen molar-refractivity contribution >= 4 is 16.6 Å². The van der Waals surface area contributed by atoms with Crippen LogP contribution in [0.5, 0.6) is 5.75 Å². The second-order valence-corrected chi connectivity index (χ2v) is 5.95. The summed E-state index contributed by atoms with van der Waals surface area (Å²) in [6, 6.07) is 3.98. The fourth-order valence-corrected chi connectivity index (χ4v) is 3.26. The molecule has 1 aliphatic rings. The van der Waals surface area contributed by atoms with Gasteiger partial charge in [-0.25, -0.2) is 0 Å². The molecule has 4 nitrogen and oxygen atoms in total. The summed E-state index contributed by atoms with van der Waals surface area (Å²) in [7, 11) is 0. The van der Waals surface area contributed by atoms with Gasteiger partial charge in [-0.15, -0.1) is 0 Å². The van der Waals surface area contributed by atoms with Gasteiger partial charge in [-0.1, -0.05) is 13.8 Å². The molecule has 0 fully saturated rings. The Morgan fingerprint density at radius 2 is 2.08 bits per heavy atom. The van der Waals surface area contributed by atoms with Crippen LogP contribution < -0.4 is 15.2 Å². The van der Waals surface area contributed by atoms with E-state index in [0.29, 0.717) is 18.4 Å². The fraction of sp³-hybridized carbons (Fsp3) is 0.471. The van der Waals surface area contributed by atoms with E-state index in [0.717, 1.165) is 19.4 Å². The Balaban J connectivity index is 2.30. The highest BCUT2D eigenvalue weighted by atomic mass is 19.4. The number of ether oxygens (including phenoxy) is 1. The lowest BCUT2D eigenvalue weighted by molar-refractivity contribution is -0.136. The molecule has 0 radical (unpaired) electrons. The van der Waals surface area contributed by atoms with Gasteiger partial charge in [0.2, 0.25) is 5.56 Å². The Labute approximate surface area is 137 Å². The van der Waals surface area contributed by atoms with Gasteiger partial charge in [0.15, 0.2) is 5.75 Å². The third-order valence-corrected chi connectivity index (χ3v) is 4.35. The average molecular weight is 340 g/mol. The monoisotopic (exact) mass is 340 g/mol. The van der Waals surface area contributed by atoms with Gasteiger partial charge in [0, 0.05) is 12.6 Å². The minimum absolute atomic E-state index is 0.0738. The second kappa shape index (κ2) is 6.03. The lowest BCUT2D eigenvalue weighted by Gasteiger charge is -2.38. The molecule has 0 bridgehead atoms. The zero-order valence-electron chi connectivity index (χ0n) is 13.5.